The summed E-state index contributed by atoms with van der Waals surface area (Å²) >= 11 is 0. The van der Waals surface area contributed by atoms with Crippen molar-refractivity contribution < 1.29 is 0 Å². The molecule has 3 rings (SSSR count). The van der Waals surface area contributed by atoms with Crippen LogP contribution in [-0.2, 0) is 13.0 Å². The van der Waals surface area contributed by atoms with Crippen molar-refractivity contribution in [1.29, 1.82) is 0 Å². The lowest BCUT2D eigenvalue weighted by molar-refractivity contribution is 0.549. The van der Waals surface area contributed by atoms with Gasteiger partial charge < -0.3 is 5.73 Å². The molecule has 4 heteroatoms. The van der Waals surface area contributed by atoms with Crippen molar-refractivity contribution in [2.24, 2.45) is 5.73 Å². The van der Waals surface area contributed by atoms with Crippen molar-refractivity contribution in [1.82, 2.24) is 14.8 Å². The molecule has 3 aromatic rings. The third kappa shape index (κ3) is 2.81. The summed E-state index contributed by atoms with van der Waals surface area (Å²) in [6.07, 6.45) is 3.36. The van der Waals surface area contributed by atoms with Gasteiger partial charge in [-0.2, -0.15) is 5.10 Å². The maximum Gasteiger partial charge on any atom is 0.138 e. The van der Waals surface area contributed by atoms with E-state index in [1.807, 2.05) is 4.68 Å². The van der Waals surface area contributed by atoms with E-state index in [1.165, 1.54) is 16.3 Å². The third-order valence-electron chi connectivity index (χ3n) is 3.76. The number of hydrogen-bond donors (Lipinski definition) is 1. The zero-order valence-electron chi connectivity index (χ0n) is 12.2. The number of aryl methyl sites for hydroxylation is 1. The van der Waals surface area contributed by atoms with Crippen LogP contribution in [0.5, 0.6) is 0 Å². The molecule has 2 N–H and O–H groups in total. The average Bonchev–Trinajstić information content (AvgIpc) is 2.94. The summed E-state index contributed by atoms with van der Waals surface area (Å²) in [5.41, 5.74) is 7.60. The normalized spacial score (nSPS) is 12.7. The van der Waals surface area contributed by atoms with E-state index in [9.17, 15) is 0 Å². The second kappa shape index (κ2) is 6.06. The maximum absolute atomic E-state index is 6.44. The van der Waals surface area contributed by atoms with Gasteiger partial charge in [-0.1, -0.05) is 49.4 Å². The molecule has 0 saturated carbocycles. The summed E-state index contributed by atoms with van der Waals surface area (Å²) in [5.74, 6) is 0.956. The van der Waals surface area contributed by atoms with Crippen molar-refractivity contribution in [2.45, 2.75) is 32.4 Å². The predicted molar refractivity (Wildman–Crippen MR) is 84.9 cm³/mol. The first kappa shape index (κ1) is 13.8. The van der Waals surface area contributed by atoms with E-state index in [-0.39, 0.29) is 6.04 Å². The number of nitrogens with two attached hydrogens (primary N) is 1. The van der Waals surface area contributed by atoms with E-state index in [4.69, 9.17) is 5.73 Å². The molecule has 0 fully saturated rings. The van der Waals surface area contributed by atoms with Gasteiger partial charge in [0.25, 0.3) is 0 Å². The van der Waals surface area contributed by atoms with Crippen LogP contribution in [0.3, 0.4) is 0 Å². The van der Waals surface area contributed by atoms with Crippen molar-refractivity contribution >= 4 is 10.8 Å². The number of aromatic nitrogens is 3. The highest BCUT2D eigenvalue weighted by Gasteiger charge is 2.14. The highest BCUT2D eigenvalue weighted by molar-refractivity contribution is 5.86. The van der Waals surface area contributed by atoms with Gasteiger partial charge in [-0.15, -0.1) is 0 Å². The second-order valence-electron chi connectivity index (χ2n) is 5.28. The SMILES string of the molecule is CCCn1ncnc1CC(N)c1cccc2ccccc12. The van der Waals surface area contributed by atoms with Crippen molar-refractivity contribution in [2.75, 3.05) is 0 Å². The van der Waals surface area contributed by atoms with E-state index in [2.05, 4.69) is 59.5 Å². The summed E-state index contributed by atoms with van der Waals surface area (Å²) in [4.78, 5) is 4.35. The Hall–Kier alpha value is -2.20. The zero-order valence-corrected chi connectivity index (χ0v) is 12.2. The van der Waals surface area contributed by atoms with Gasteiger partial charge in [0.1, 0.15) is 12.2 Å². The molecule has 108 valence electrons. The molecule has 0 radical (unpaired) electrons. The highest BCUT2D eigenvalue weighted by Crippen LogP contribution is 2.24. The molecule has 0 bridgehead atoms. The number of rotatable bonds is 5. The third-order valence-corrected chi connectivity index (χ3v) is 3.76. The van der Waals surface area contributed by atoms with Gasteiger partial charge in [0.2, 0.25) is 0 Å². The van der Waals surface area contributed by atoms with E-state index >= 15 is 0 Å². The topological polar surface area (TPSA) is 56.7 Å². The summed E-state index contributed by atoms with van der Waals surface area (Å²) in [5, 5.41) is 6.70. The quantitative estimate of drug-likeness (QED) is 0.781. The van der Waals surface area contributed by atoms with E-state index in [0.717, 1.165) is 18.8 Å². The first-order valence-electron chi connectivity index (χ1n) is 7.39. The minimum absolute atomic E-state index is 0.0732. The Kier molecular flexibility index (Phi) is 3.97. The average molecular weight is 280 g/mol. The summed E-state index contributed by atoms with van der Waals surface area (Å²) < 4.78 is 1.95. The van der Waals surface area contributed by atoms with Crippen molar-refractivity contribution in [3.05, 3.63) is 60.2 Å². The molecule has 0 spiro atoms. The van der Waals surface area contributed by atoms with Crippen LogP contribution in [0.15, 0.2) is 48.8 Å². The molecule has 0 aliphatic carbocycles. The minimum Gasteiger partial charge on any atom is -0.324 e. The molecule has 1 atom stereocenters. The first-order valence-corrected chi connectivity index (χ1v) is 7.39. The number of nitrogens with zero attached hydrogens (tertiary/aromatic N) is 3. The Morgan fingerprint density at radius 3 is 2.81 bits per heavy atom. The minimum atomic E-state index is -0.0732. The number of benzene rings is 2. The van der Waals surface area contributed by atoms with E-state index in [0.29, 0.717) is 6.42 Å². The maximum atomic E-state index is 6.44. The van der Waals surface area contributed by atoms with Gasteiger partial charge in [-0.25, -0.2) is 4.98 Å². The fourth-order valence-corrected chi connectivity index (χ4v) is 2.73. The van der Waals surface area contributed by atoms with Gasteiger partial charge in [0, 0.05) is 19.0 Å². The van der Waals surface area contributed by atoms with Crippen LogP contribution in [-0.4, -0.2) is 14.8 Å². The molecule has 0 aliphatic heterocycles. The molecular formula is C17H20N4. The fourth-order valence-electron chi connectivity index (χ4n) is 2.73. The fraction of sp³-hybridized carbons (Fsp3) is 0.294. The Labute approximate surface area is 124 Å². The Morgan fingerprint density at radius 1 is 1.14 bits per heavy atom. The predicted octanol–water partition coefficient (Wildman–Crippen LogP) is 3.08. The molecule has 1 unspecified atom stereocenters. The molecule has 1 aromatic heterocycles. The zero-order chi connectivity index (χ0) is 14.7. The number of fused-ring (bicyclic) bond motifs is 1. The van der Waals surface area contributed by atoms with Crippen LogP contribution in [0.2, 0.25) is 0 Å². The largest absolute Gasteiger partial charge is 0.324 e. The van der Waals surface area contributed by atoms with Gasteiger partial charge in [0.15, 0.2) is 0 Å². The molecule has 1 heterocycles. The van der Waals surface area contributed by atoms with Gasteiger partial charge in [0.05, 0.1) is 0 Å². The summed E-state index contributed by atoms with van der Waals surface area (Å²) in [6.45, 7) is 3.02. The molecule has 2 aromatic carbocycles. The van der Waals surface area contributed by atoms with Crippen LogP contribution in [0, 0.1) is 0 Å². The summed E-state index contributed by atoms with van der Waals surface area (Å²) in [6, 6.07) is 14.6. The standard InChI is InChI=1S/C17H20N4/c1-2-10-21-17(19-12-20-21)11-16(18)15-9-5-7-13-6-3-4-8-14(13)15/h3-9,12,16H,2,10-11,18H2,1H3. The molecule has 0 saturated heterocycles. The summed E-state index contributed by atoms with van der Waals surface area (Å²) in [7, 11) is 0. The lowest BCUT2D eigenvalue weighted by Crippen LogP contribution is -2.17. The molecule has 0 aliphatic rings. The van der Waals surface area contributed by atoms with Gasteiger partial charge >= 0.3 is 0 Å². The monoisotopic (exact) mass is 280 g/mol. The first-order chi connectivity index (χ1) is 10.3. The second-order valence-corrected chi connectivity index (χ2v) is 5.28. The van der Waals surface area contributed by atoms with Gasteiger partial charge in [-0.05, 0) is 22.8 Å². The molecule has 4 nitrogen and oxygen atoms in total. The van der Waals surface area contributed by atoms with Crippen LogP contribution in [0.1, 0.15) is 30.8 Å². The number of hydrogen-bond acceptors (Lipinski definition) is 3. The smallest absolute Gasteiger partial charge is 0.138 e. The van der Waals surface area contributed by atoms with E-state index in [1.54, 1.807) is 6.33 Å². The highest BCUT2D eigenvalue weighted by atomic mass is 15.3. The van der Waals surface area contributed by atoms with Crippen LogP contribution >= 0.6 is 0 Å². The van der Waals surface area contributed by atoms with Crippen molar-refractivity contribution in [3.8, 4) is 0 Å². The van der Waals surface area contributed by atoms with Crippen LogP contribution in [0.4, 0.5) is 0 Å². The Balaban J connectivity index is 1.90. The van der Waals surface area contributed by atoms with E-state index < -0.39 is 0 Å². The molecule has 0 amide bonds. The van der Waals surface area contributed by atoms with Crippen molar-refractivity contribution in [3.63, 3.8) is 0 Å². The molecular weight excluding hydrogens is 260 g/mol. The lowest BCUT2D eigenvalue weighted by Gasteiger charge is -2.15. The van der Waals surface area contributed by atoms with Gasteiger partial charge in [-0.3, -0.25) is 4.68 Å². The van der Waals surface area contributed by atoms with Crippen LogP contribution < -0.4 is 5.73 Å². The lowest BCUT2D eigenvalue weighted by atomic mass is 9.97. The Bertz CT molecular complexity index is 727. The van der Waals surface area contributed by atoms with Crippen LogP contribution in [0.25, 0.3) is 10.8 Å². The Morgan fingerprint density at radius 2 is 1.95 bits per heavy atom. The molecule has 21 heavy (non-hydrogen) atoms.